The van der Waals surface area contributed by atoms with Gasteiger partial charge < -0.3 is 4.90 Å². The third-order valence-electron chi connectivity index (χ3n) is 3.11. The van der Waals surface area contributed by atoms with Crippen molar-refractivity contribution in [1.82, 2.24) is 20.1 Å². The van der Waals surface area contributed by atoms with Crippen molar-refractivity contribution in [3.8, 4) is 0 Å². The molecule has 0 bridgehead atoms. The van der Waals surface area contributed by atoms with Gasteiger partial charge in [-0.3, -0.25) is 9.89 Å². The van der Waals surface area contributed by atoms with E-state index in [1.165, 1.54) is 11.2 Å². The molecule has 0 spiro atoms. The molecule has 2 aromatic rings. The van der Waals surface area contributed by atoms with Gasteiger partial charge in [-0.15, -0.1) is 11.3 Å². The summed E-state index contributed by atoms with van der Waals surface area (Å²) in [6, 6.07) is 4.26. The molecule has 19 heavy (non-hydrogen) atoms. The van der Waals surface area contributed by atoms with Gasteiger partial charge in [-0.2, -0.15) is 16.9 Å². The molecule has 0 radical (unpaired) electrons. The van der Waals surface area contributed by atoms with Gasteiger partial charge in [0.05, 0.1) is 0 Å². The molecular formula is C12H14N4OS2. The average Bonchev–Trinajstić information content (AvgIpc) is 3.08. The summed E-state index contributed by atoms with van der Waals surface area (Å²) in [7, 11) is 0. The van der Waals surface area contributed by atoms with Crippen molar-refractivity contribution in [3.05, 3.63) is 34.5 Å². The smallest absolute Gasteiger partial charge is 0.291 e. The number of amides is 1. The lowest BCUT2D eigenvalue weighted by Gasteiger charge is -2.18. The number of aromatic nitrogens is 3. The molecule has 100 valence electrons. The molecule has 0 aromatic carbocycles. The Labute approximate surface area is 119 Å². The van der Waals surface area contributed by atoms with Gasteiger partial charge in [0.1, 0.15) is 6.33 Å². The first-order chi connectivity index (χ1) is 9.34. The normalized spacial score (nSPS) is 20.2. The van der Waals surface area contributed by atoms with E-state index in [0.29, 0.717) is 11.1 Å². The van der Waals surface area contributed by atoms with Gasteiger partial charge in [-0.1, -0.05) is 6.07 Å². The Bertz CT molecular complexity index is 526. The molecule has 1 N–H and O–H groups in total. The van der Waals surface area contributed by atoms with Crippen LogP contribution in [0.2, 0.25) is 0 Å². The number of hydrogen-bond acceptors (Lipinski definition) is 5. The quantitative estimate of drug-likeness (QED) is 0.922. The van der Waals surface area contributed by atoms with Gasteiger partial charge in [0, 0.05) is 29.0 Å². The maximum absolute atomic E-state index is 12.2. The van der Waals surface area contributed by atoms with Crippen molar-refractivity contribution in [2.75, 3.05) is 18.8 Å². The highest BCUT2D eigenvalue weighted by atomic mass is 32.2. The molecule has 1 fully saturated rings. The SMILES string of the molecule is O=C(c1ncn[nH]1)N1CCS[C@H](c2cccs2)CC1. The molecular weight excluding hydrogens is 280 g/mol. The Morgan fingerprint density at radius 2 is 2.42 bits per heavy atom. The Morgan fingerprint density at radius 3 is 3.16 bits per heavy atom. The second-order valence-electron chi connectivity index (χ2n) is 4.29. The fraction of sp³-hybridized carbons (Fsp3) is 0.417. The Hall–Kier alpha value is -1.34. The van der Waals surface area contributed by atoms with Gasteiger partial charge in [-0.25, -0.2) is 4.98 Å². The van der Waals surface area contributed by atoms with Crippen LogP contribution in [0.3, 0.4) is 0 Å². The number of H-pyrrole nitrogens is 1. The molecule has 1 saturated heterocycles. The van der Waals surface area contributed by atoms with Crippen LogP contribution < -0.4 is 0 Å². The molecule has 0 aliphatic carbocycles. The lowest BCUT2D eigenvalue weighted by molar-refractivity contribution is 0.0755. The van der Waals surface area contributed by atoms with Crippen molar-refractivity contribution in [2.45, 2.75) is 11.7 Å². The minimum absolute atomic E-state index is 0.0510. The maximum atomic E-state index is 12.2. The van der Waals surface area contributed by atoms with E-state index in [0.717, 1.165) is 25.3 Å². The van der Waals surface area contributed by atoms with Crippen LogP contribution in [-0.2, 0) is 0 Å². The molecule has 3 heterocycles. The molecule has 0 unspecified atom stereocenters. The fourth-order valence-electron chi connectivity index (χ4n) is 2.13. The van der Waals surface area contributed by atoms with E-state index in [2.05, 4.69) is 32.7 Å². The lowest BCUT2D eigenvalue weighted by Crippen LogP contribution is -2.33. The first-order valence-corrected chi connectivity index (χ1v) is 8.07. The van der Waals surface area contributed by atoms with Crippen LogP contribution in [0.4, 0.5) is 0 Å². The van der Waals surface area contributed by atoms with E-state index < -0.39 is 0 Å². The zero-order chi connectivity index (χ0) is 13.1. The molecule has 1 amide bonds. The van der Waals surface area contributed by atoms with Crippen molar-refractivity contribution in [3.63, 3.8) is 0 Å². The molecule has 0 saturated carbocycles. The third-order valence-corrected chi connectivity index (χ3v) is 5.55. The van der Waals surface area contributed by atoms with Crippen molar-refractivity contribution in [2.24, 2.45) is 0 Å². The lowest BCUT2D eigenvalue weighted by atomic mass is 10.2. The summed E-state index contributed by atoms with van der Waals surface area (Å²) in [6.07, 6.45) is 2.36. The van der Waals surface area contributed by atoms with Crippen LogP contribution >= 0.6 is 23.1 Å². The van der Waals surface area contributed by atoms with Crippen LogP contribution in [0, 0.1) is 0 Å². The van der Waals surface area contributed by atoms with Crippen molar-refractivity contribution in [1.29, 1.82) is 0 Å². The summed E-state index contributed by atoms with van der Waals surface area (Å²) in [6.45, 7) is 1.54. The number of nitrogens with one attached hydrogen (secondary N) is 1. The minimum Gasteiger partial charge on any atom is -0.335 e. The highest BCUT2D eigenvalue weighted by molar-refractivity contribution is 7.99. The predicted octanol–water partition coefficient (Wildman–Crippen LogP) is 2.19. The van der Waals surface area contributed by atoms with Gasteiger partial charge >= 0.3 is 0 Å². The number of thiophene rings is 1. The third kappa shape index (κ3) is 2.82. The summed E-state index contributed by atoms with van der Waals surface area (Å²) in [5.74, 6) is 1.24. The molecule has 1 aliphatic heterocycles. The van der Waals surface area contributed by atoms with Crippen molar-refractivity contribution >= 4 is 29.0 Å². The second-order valence-corrected chi connectivity index (χ2v) is 6.58. The highest BCUT2D eigenvalue weighted by Gasteiger charge is 2.24. The summed E-state index contributed by atoms with van der Waals surface area (Å²) in [4.78, 5) is 19.4. The number of nitrogens with zero attached hydrogens (tertiary/aromatic N) is 3. The molecule has 2 aromatic heterocycles. The number of hydrogen-bond donors (Lipinski definition) is 1. The van der Waals surface area contributed by atoms with Gasteiger partial charge in [-0.05, 0) is 17.9 Å². The zero-order valence-corrected chi connectivity index (χ0v) is 11.9. The fourth-order valence-corrected chi connectivity index (χ4v) is 4.37. The molecule has 3 rings (SSSR count). The molecule has 5 nitrogen and oxygen atoms in total. The van der Waals surface area contributed by atoms with Crippen LogP contribution in [0.5, 0.6) is 0 Å². The number of thioether (sulfide) groups is 1. The summed E-state index contributed by atoms with van der Waals surface area (Å²) in [5, 5.41) is 8.98. The standard InChI is InChI=1S/C12H14N4OS2/c17-12(11-13-8-14-15-11)16-4-3-10(19-7-5-16)9-2-1-6-18-9/h1-2,6,8,10H,3-5,7H2,(H,13,14,15)/t10-/m0/s1. The summed E-state index contributed by atoms with van der Waals surface area (Å²) < 4.78 is 0. The maximum Gasteiger partial charge on any atom is 0.291 e. The topological polar surface area (TPSA) is 61.9 Å². The monoisotopic (exact) mass is 294 g/mol. The minimum atomic E-state index is -0.0510. The Morgan fingerprint density at radius 1 is 1.47 bits per heavy atom. The summed E-state index contributed by atoms with van der Waals surface area (Å²) in [5.41, 5.74) is 0. The zero-order valence-electron chi connectivity index (χ0n) is 10.3. The Kier molecular flexibility index (Phi) is 3.84. The highest BCUT2D eigenvalue weighted by Crippen LogP contribution is 2.36. The second kappa shape index (κ2) is 5.75. The first kappa shape index (κ1) is 12.7. The van der Waals surface area contributed by atoms with Crippen LogP contribution in [0.1, 0.15) is 27.2 Å². The molecule has 1 aliphatic rings. The summed E-state index contributed by atoms with van der Waals surface area (Å²) >= 11 is 3.72. The van der Waals surface area contributed by atoms with E-state index >= 15 is 0 Å². The van der Waals surface area contributed by atoms with E-state index in [-0.39, 0.29) is 5.91 Å². The number of carbonyl (C=O) groups excluding carboxylic acids is 1. The van der Waals surface area contributed by atoms with E-state index in [4.69, 9.17) is 0 Å². The average molecular weight is 294 g/mol. The van der Waals surface area contributed by atoms with Gasteiger partial charge in [0.15, 0.2) is 0 Å². The van der Waals surface area contributed by atoms with Crippen LogP contribution in [-0.4, -0.2) is 44.8 Å². The van der Waals surface area contributed by atoms with E-state index in [1.54, 1.807) is 11.3 Å². The van der Waals surface area contributed by atoms with Crippen LogP contribution in [0.25, 0.3) is 0 Å². The van der Waals surface area contributed by atoms with Gasteiger partial charge in [0.25, 0.3) is 5.91 Å². The molecule has 1 atom stereocenters. The largest absolute Gasteiger partial charge is 0.335 e. The number of rotatable bonds is 2. The first-order valence-electron chi connectivity index (χ1n) is 6.14. The number of carbonyl (C=O) groups is 1. The Balaban J connectivity index is 1.66. The molecule has 7 heteroatoms. The van der Waals surface area contributed by atoms with E-state index in [1.807, 2.05) is 16.7 Å². The van der Waals surface area contributed by atoms with Gasteiger partial charge in [0.2, 0.25) is 5.82 Å². The van der Waals surface area contributed by atoms with E-state index in [9.17, 15) is 4.79 Å². The van der Waals surface area contributed by atoms with Crippen molar-refractivity contribution < 1.29 is 4.79 Å². The van der Waals surface area contributed by atoms with Crippen LogP contribution in [0.15, 0.2) is 23.8 Å². The number of aromatic amines is 1. The predicted molar refractivity (Wildman–Crippen MR) is 76.4 cm³/mol.